The number of ether oxygens (including phenoxy) is 1. The summed E-state index contributed by atoms with van der Waals surface area (Å²) in [4.78, 5) is 16.5. The average Bonchev–Trinajstić information content (AvgIpc) is 3.09. The molecule has 3 aromatic rings. The fourth-order valence-electron chi connectivity index (χ4n) is 2.48. The maximum Gasteiger partial charge on any atom is 0.224 e. The lowest BCUT2D eigenvalue weighted by molar-refractivity contribution is -0.116. The fraction of sp³-hybridized carbons (Fsp3) is 0.222. The molecule has 3 rings (SSSR count). The van der Waals surface area contributed by atoms with Crippen molar-refractivity contribution < 1.29 is 17.9 Å². The molecule has 0 atom stereocenters. The van der Waals surface area contributed by atoms with Crippen LogP contribution in [0.25, 0.3) is 10.2 Å². The minimum Gasteiger partial charge on any atom is -0.497 e. The Morgan fingerprint density at radius 1 is 1.19 bits per heavy atom. The van der Waals surface area contributed by atoms with Crippen LogP contribution in [0.2, 0.25) is 0 Å². The van der Waals surface area contributed by atoms with Gasteiger partial charge in [-0.2, -0.15) is 0 Å². The molecule has 0 saturated heterocycles. The van der Waals surface area contributed by atoms with E-state index < -0.39 is 9.84 Å². The van der Waals surface area contributed by atoms with E-state index in [1.807, 2.05) is 12.1 Å². The molecule has 0 aliphatic carbocycles. The van der Waals surface area contributed by atoms with E-state index in [0.29, 0.717) is 11.4 Å². The number of hydrogen-bond acceptors (Lipinski definition) is 6. The SMILES string of the molecule is COc1ccc(S(=O)(=O)CCCC(=O)Nc2ccc3ncsc3c2)cc1. The second-order valence-corrected chi connectivity index (χ2v) is 8.68. The summed E-state index contributed by atoms with van der Waals surface area (Å²) in [6.45, 7) is 0. The first-order valence-corrected chi connectivity index (χ1v) is 10.5. The first-order valence-electron chi connectivity index (χ1n) is 7.98. The summed E-state index contributed by atoms with van der Waals surface area (Å²) in [5, 5.41) is 2.79. The van der Waals surface area contributed by atoms with E-state index in [1.165, 1.54) is 30.6 Å². The van der Waals surface area contributed by atoms with Gasteiger partial charge >= 0.3 is 0 Å². The Kier molecular flexibility index (Phi) is 5.53. The molecule has 1 aromatic heterocycles. The summed E-state index contributed by atoms with van der Waals surface area (Å²) < 4.78 is 30.6. The number of benzene rings is 2. The highest BCUT2D eigenvalue weighted by Crippen LogP contribution is 2.22. The maximum atomic E-state index is 12.3. The van der Waals surface area contributed by atoms with Gasteiger partial charge in [-0.15, -0.1) is 11.3 Å². The monoisotopic (exact) mass is 390 g/mol. The van der Waals surface area contributed by atoms with E-state index in [-0.39, 0.29) is 29.4 Å². The van der Waals surface area contributed by atoms with Crippen molar-refractivity contribution in [1.29, 1.82) is 0 Å². The Labute approximate surface area is 155 Å². The molecule has 8 heteroatoms. The van der Waals surface area contributed by atoms with E-state index in [2.05, 4.69) is 10.3 Å². The first-order chi connectivity index (χ1) is 12.5. The van der Waals surface area contributed by atoms with Gasteiger partial charge in [0.25, 0.3) is 0 Å². The lowest BCUT2D eigenvalue weighted by atomic mass is 10.2. The van der Waals surface area contributed by atoms with Gasteiger partial charge in [-0.3, -0.25) is 4.79 Å². The predicted molar refractivity (Wildman–Crippen MR) is 103 cm³/mol. The molecule has 26 heavy (non-hydrogen) atoms. The molecule has 0 radical (unpaired) electrons. The smallest absolute Gasteiger partial charge is 0.224 e. The summed E-state index contributed by atoms with van der Waals surface area (Å²) in [6, 6.07) is 11.7. The van der Waals surface area contributed by atoms with Crippen LogP contribution in [-0.4, -0.2) is 32.2 Å². The molecule has 0 saturated carbocycles. The largest absolute Gasteiger partial charge is 0.497 e. The van der Waals surface area contributed by atoms with Crippen molar-refractivity contribution >= 4 is 43.0 Å². The van der Waals surface area contributed by atoms with Crippen molar-refractivity contribution in [3.05, 3.63) is 48.0 Å². The fourth-order valence-corrected chi connectivity index (χ4v) is 4.51. The van der Waals surface area contributed by atoms with Gasteiger partial charge in [0.05, 0.1) is 33.5 Å². The van der Waals surface area contributed by atoms with E-state index >= 15 is 0 Å². The molecular formula is C18H18N2O4S2. The summed E-state index contributed by atoms with van der Waals surface area (Å²) >= 11 is 1.50. The van der Waals surface area contributed by atoms with Crippen LogP contribution in [0.3, 0.4) is 0 Å². The third-order valence-electron chi connectivity index (χ3n) is 3.85. The minimum atomic E-state index is -3.42. The molecule has 0 aliphatic heterocycles. The van der Waals surface area contributed by atoms with Crippen molar-refractivity contribution in [2.24, 2.45) is 0 Å². The number of aromatic nitrogens is 1. The number of carbonyl (C=O) groups excluding carboxylic acids is 1. The highest BCUT2D eigenvalue weighted by molar-refractivity contribution is 7.91. The lowest BCUT2D eigenvalue weighted by Crippen LogP contribution is -2.14. The van der Waals surface area contributed by atoms with Gasteiger partial charge in [0.15, 0.2) is 9.84 Å². The number of rotatable bonds is 7. The van der Waals surface area contributed by atoms with E-state index in [1.54, 1.807) is 23.7 Å². The molecule has 1 amide bonds. The van der Waals surface area contributed by atoms with Gasteiger partial charge in [0.2, 0.25) is 5.91 Å². The number of thiazole rings is 1. The maximum absolute atomic E-state index is 12.3. The van der Waals surface area contributed by atoms with Crippen LogP contribution in [0.4, 0.5) is 5.69 Å². The van der Waals surface area contributed by atoms with Crippen molar-refractivity contribution in [3.63, 3.8) is 0 Å². The third kappa shape index (κ3) is 4.39. The van der Waals surface area contributed by atoms with Gasteiger partial charge in [0.1, 0.15) is 5.75 Å². The van der Waals surface area contributed by atoms with E-state index in [0.717, 1.165) is 10.2 Å². The van der Waals surface area contributed by atoms with Gasteiger partial charge < -0.3 is 10.1 Å². The van der Waals surface area contributed by atoms with E-state index in [9.17, 15) is 13.2 Å². The number of amides is 1. The Hall–Kier alpha value is -2.45. The Morgan fingerprint density at radius 3 is 2.69 bits per heavy atom. The Bertz CT molecular complexity index is 1010. The molecule has 0 aliphatic rings. The molecule has 0 spiro atoms. The normalized spacial score (nSPS) is 11.4. The van der Waals surface area contributed by atoms with Crippen molar-refractivity contribution in [2.75, 3.05) is 18.2 Å². The number of hydrogen-bond donors (Lipinski definition) is 1. The third-order valence-corrected chi connectivity index (χ3v) is 6.46. The van der Waals surface area contributed by atoms with Crippen LogP contribution < -0.4 is 10.1 Å². The zero-order valence-corrected chi connectivity index (χ0v) is 15.8. The predicted octanol–water partition coefficient (Wildman–Crippen LogP) is 3.50. The number of nitrogens with zero attached hydrogens (tertiary/aromatic N) is 1. The molecular weight excluding hydrogens is 372 g/mol. The summed E-state index contributed by atoms with van der Waals surface area (Å²) in [5.74, 6) is 0.306. The van der Waals surface area contributed by atoms with Crippen LogP contribution >= 0.6 is 11.3 Å². The minimum absolute atomic E-state index is 0.0827. The van der Waals surface area contributed by atoms with Crippen LogP contribution in [0.15, 0.2) is 52.9 Å². The summed E-state index contributed by atoms with van der Waals surface area (Å²) in [7, 11) is -1.89. The zero-order valence-electron chi connectivity index (χ0n) is 14.1. The second-order valence-electron chi connectivity index (χ2n) is 5.68. The van der Waals surface area contributed by atoms with Crippen LogP contribution in [0.1, 0.15) is 12.8 Å². The second kappa shape index (κ2) is 7.84. The highest BCUT2D eigenvalue weighted by Gasteiger charge is 2.15. The molecule has 6 nitrogen and oxygen atoms in total. The van der Waals surface area contributed by atoms with Gasteiger partial charge in [-0.25, -0.2) is 13.4 Å². The van der Waals surface area contributed by atoms with Crippen LogP contribution in [0.5, 0.6) is 5.75 Å². The van der Waals surface area contributed by atoms with Gasteiger partial charge in [-0.1, -0.05) is 0 Å². The number of nitrogens with one attached hydrogen (secondary N) is 1. The van der Waals surface area contributed by atoms with Gasteiger partial charge in [0, 0.05) is 12.1 Å². The first kappa shape index (κ1) is 18.3. The molecule has 1 N–H and O–H groups in total. The van der Waals surface area contributed by atoms with Crippen molar-refractivity contribution in [3.8, 4) is 5.75 Å². The molecule has 136 valence electrons. The molecule has 0 bridgehead atoms. The number of anilines is 1. The topological polar surface area (TPSA) is 85.4 Å². The molecule has 1 heterocycles. The van der Waals surface area contributed by atoms with Gasteiger partial charge in [-0.05, 0) is 48.9 Å². The van der Waals surface area contributed by atoms with Crippen molar-refractivity contribution in [2.45, 2.75) is 17.7 Å². The number of carbonyl (C=O) groups is 1. The van der Waals surface area contributed by atoms with Crippen LogP contribution in [-0.2, 0) is 14.6 Å². The Morgan fingerprint density at radius 2 is 1.96 bits per heavy atom. The quantitative estimate of drug-likeness (QED) is 0.667. The zero-order chi connectivity index (χ0) is 18.6. The van der Waals surface area contributed by atoms with Crippen molar-refractivity contribution in [1.82, 2.24) is 4.98 Å². The summed E-state index contributed by atoms with van der Waals surface area (Å²) in [6.07, 6.45) is 0.388. The molecule has 2 aromatic carbocycles. The number of fused-ring (bicyclic) bond motifs is 1. The highest BCUT2D eigenvalue weighted by atomic mass is 32.2. The summed E-state index contributed by atoms with van der Waals surface area (Å²) in [5.41, 5.74) is 3.32. The lowest BCUT2D eigenvalue weighted by Gasteiger charge is -2.07. The Balaban J connectivity index is 1.53. The standard InChI is InChI=1S/C18H18N2O4S2/c1-24-14-5-7-15(8-6-14)26(22,23)10-2-3-18(21)20-13-4-9-16-17(11-13)25-12-19-16/h4-9,11-12H,2-3,10H2,1H3,(H,20,21). The van der Waals surface area contributed by atoms with Crippen LogP contribution in [0, 0.1) is 0 Å². The number of methoxy groups -OCH3 is 1. The number of sulfone groups is 1. The molecule has 0 unspecified atom stereocenters. The average molecular weight is 390 g/mol. The van der Waals surface area contributed by atoms with E-state index in [4.69, 9.17) is 4.74 Å². The molecule has 0 fully saturated rings.